The normalized spacial score (nSPS) is 42.0. The zero-order valence-electron chi connectivity index (χ0n) is 14.0. The van der Waals surface area contributed by atoms with E-state index in [9.17, 15) is 0 Å². The predicted octanol–water partition coefficient (Wildman–Crippen LogP) is 5.77. The third-order valence-corrected chi connectivity index (χ3v) is 7.80. The molecule has 3 aliphatic rings. The molecule has 0 heteroatoms. The standard InChI is InChI=1S/C19H34/c1-7-12(3)14-11-15(14)13(4)18(5,6)17-16(8-2)19(17)9-10-19/h12-17H,7-11H2,1-6H3. The van der Waals surface area contributed by atoms with Gasteiger partial charge < -0.3 is 0 Å². The summed E-state index contributed by atoms with van der Waals surface area (Å²) in [5, 5.41) is 0. The molecular weight excluding hydrogens is 228 g/mol. The molecule has 0 amide bonds. The van der Waals surface area contributed by atoms with Gasteiger partial charge in [-0.2, -0.15) is 0 Å². The molecule has 6 atom stereocenters. The highest BCUT2D eigenvalue weighted by molar-refractivity contribution is 5.23. The number of hydrogen-bond donors (Lipinski definition) is 0. The van der Waals surface area contributed by atoms with Crippen LogP contribution in [0.3, 0.4) is 0 Å². The summed E-state index contributed by atoms with van der Waals surface area (Å²) in [5.74, 6) is 6.11. The Morgan fingerprint density at radius 2 is 1.74 bits per heavy atom. The Labute approximate surface area is 120 Å². The molecule has 0 nitrogen and oxygen atoms in total. The fourth-order valence-electron chi connectivity index (χ4n) is 5.91. The summed E-state index contributed by atoms with van der Waals surface area (Å²) in [6.45, 7) is 15.0. The van der Waals surface area contributed by atoms with Gasteiger partial charge in [0, 0.05) is 0 Å². The lowest BCUT2D eigenvalue weighted by molar-refractivity contribution is 0.140. The molecule has 0 aromatic carbocycles. The Morgan fingerprint density at radius 1 is 1.11 bits per heavy atom. The lowest BCUT2D eigenvalue weighted by Crippen LogP contribution is -2.28. The third kappa shape index (κ3) is 1.92. The molecule has 0 aliphatic heterocycles. The molecule has 3 aliphatic carbocycles. The Kier molecular flexibility index (Phi) is 3.12. The van der Waals surface area contributed by atoms with Gasteiger partial charge in [0.25, 0.3) is 0 Å². The van der Waals surface area contributed by atoms with Crippen LogP contribution >= 0.6 is 0 Å². The number of rotatable bonds is 6. The van der Waals surface area contributed by atoms with E-state index < -0.39 is 0 Å². The minimum atomic E-state index is 0.587. The average molecular weight is 262 g/mol. The second-order valence-corrected chi connectivity index (χ2v) is 8.78. The summed E-state index contributed by atoms with van der Waals surface area (Å²) in [7, 11) is 0. The maximum Gasteiger partial charge on any atom is -0.0229 e. The molecule has 3 saturated carbocycles. The van der Waals surface area contributed by atoms with Crippen molar-refractivity contribution in [3.63, 3.8) is 0 Å². The van der Waals surface area contributed by atoms with Gasteiger partial charge in [-0.1, -0.05) is 54.4 Å². The molecule has 0 bridgehead atoms. The highest BCUT2D eigenvalue weighted by atomic mass is 14.8. The minimum absolute atomic E-state index is 0.587. The molecule has 0 aromatic heterocycles. The zero-order chi connectivity index (χ0) is 14.0. The Hall–Kier alpha value is 0. The van der Waals surface area contributed by atoms with Crippen molar-refractivity contribution in [2.24, 2.45) is 46.3 Å². The van der Waals surface area contributed by atoms with Gasteiger partial charge >= 0.3 is 0 Å². The summed E-state index contributed by atoms with van der Waals surface area (Å²) in [6, 6.07) is 0. The third-order valence-electron chi connectivity index (χ3n) is 7.80. The molecule has 0 aromatic rings. The zero-order valence-corrected chi connectivity index (χ0v) is 14.0. The van der Waals surface area contributed by atoms with Crippen molar-refractivity contribution >= 4 is 0 Å². The van der Waals surface area contributed by atoms with Gasteiger partial charge in [0.05, 0.1) is 0 Å². The second-order valence-electron chi connectivity index (χ2n) is 8.78. The summed E-state index contributed by atoms with van der Waals surface area (Å²) < 4.78 is 0. The molecule has 110 valence electrons. The maximum atomic E-state index is 2.60. The van der Waals surface area contributed by atoms with Crippen LogP contribution in [0.4, 0.5) is 0 Å². The van der Waals surface area contributed by atoms with Crippen molar-refractivity contribution in [3.8, 4) is 0 Å². The molecule has 3 rings (SSSR count). The van der Waals surface area contributed by atoms with Gasteiger partial charge in [-0.25, -0.2) is 0 Å². The molecule has 6 unspecified atom stereocenters. The quantitative estimate of drug-likeness (QED) is 0.570. The van der Waals surface area contributed by atoms with Crippen molar-refractivity contribution in [3.05, 3.63) is 0 Å². The van der Waals surface area contributed by atoms with Crippen molar-refractivity contribution < 1.29 is 0 Å². The molecule has 1 spiro atoms. The van der Waals surface area contributed by atoms with Crippen LogP contribution in [0.1, 0.15) is 73.6 Å². The summed E-state index contributed by atoms with van der Waals surface area (Å²) in [5.41, 5.74) is 1.43. The Balaban J connectivity index is 1.65. The maximum absolute atomic E-state index is 2.60. The van der Waals surface area contributed by atoms with E-state index in [1.807, 2.05) is 0 Å². The molecule has 0 heterocycles. The van der Waals surface area contributed by atoms with Gasteiger partial charge in [-0.05, 0) is 65.6 Å². The summed E-state index contributed by atoms with van der Waals surface area (Å²) in [4.78, 5) is 0. The van der Waals surface area contributed by atoms with Crippen molar-refractivity contribution in [2.75, 3.05) is 0 Å². The molecule has 19 heavy (non-hydrogen) atoms. The van der Waals surface area contributed by atoms with Gasteiger partial charge in [0.2, 0.25) is 0 Å². The van der Waals surface area contributed by atoms with Gasteiger partial charge in [0.1, 0.15) is 0 Å². The SMILES string of the molecule is CCC(C)C1CC1C(C)C(C)(C)C1C(CC)C12CC2. The fourth-order valence-corrected chi connectivity index (χ4v) is 5.91. The minimum Gasteiger partial charge on any atom is -0.0651 e. The molecule has 0 N–H and O–H groups in total. The molecular formula is C19H34. The molecule has 0 radical (unpaired) electrons. The highest BCUT2D eigenvalue weighted by Gasteiger charge is 2.75. The lowest BCUT2D eigenvalue weighted by Gasteiger charge is -2.34. The van der Waals surface area contributed by atoms with Crippen molar-refractivity contribution in [1.82, 2.24) is 0 Å². The van der Waals surface area contributed by atoms with Gasteiger partial charge in [-0.15, -0.1) is 0 Å². The largest absolute Gasteiger partial charge is 0.0651 e. The van der Waals surface area contributed by atoms with E-state index in [1.165, 1.54) is 19.3 Å². The van der Waals surface area contributed by atoms with Crippen LogP contribution in [0.15, 0.2) is 0 Å². The molecule has 0 saturated heterocycles. The van der Waals surface area contributed by atoms with E-state index in [4.69, 9.17) is 0 Å². The smallest absolute Gasteiger partial charge is 0.0229 e. The first-order valence-corrected chi connectivity index (χ1v) is 8.90. The van der Waals surface area contributed by atoms with E-state index in [-0.39, 0.29) is 0 Å². The van der Waals surface area contributed by atoms with Crippen molar-refractivity contribution in [2.45, 2.75) is 73.6 Å². The fraction of sp³-hybridized carbons (Fsp3) is 1.00. The van der Waals surface area contributed by atoms with Crippen LogP contribution in [0.2, 0.25) is 0 Å². The van der Waals surface area contributed by atoms with Crippen LogP contribution in [0.25, 0.3) is 0 Å². The Morgan fingerprint density at radius 3 is 2.16 bits per heavy atom. The first-order chi connectivity index (χ1) is 8.90. The van der Waals surface area contributed by atoms with E-state index in [0.29, 0.717) is 5.41 Å². The number of hydrogen-bond acceptors (Lipinski definition) is 0. The van der Waals surface area contributed by atoms with Crippen LogP contribution < -0.4 is 0 Å². The van der Waals surface area contributed by atoms with Gasteiger partial charge in [-0.3, -0.25) is 0 Å². The van der Waals surface area contributed by atoms with Crippen LogP contribution in [0.5, 0.6) is 0 Å². The summed E-state index contributed by atoms with van der Waals surface area (Å²) >= 11 is 0. The van der Waals surface area contributed by atoms with Crippen LogP contribution in [-0.4, -0.2) is 0 Å². The van der Waals surface area contributed by atoms with Crippen LogP contribution in [0, 0.1) is 46.3 Å². The summed E-state index contributed by atoms with van der Waals surface area (Å²) in [6.07, 6.45) is 7.42. The Bertz CT molecular complexity index is 349. The van der Waals surface area contributed by atoms with Gasteiger partial charge in [0.15, 0.2) is 0 Å². The van der Waals surface area contributed by atoms with E-state index in [0.717, 1.165) is 40.9 Å². The van der Waals surface area contributed by atoms with E-state index in [2.05, 4.69) is 41.5 Å². The first-order valence-electron chi connectivity index (χ1n) is 8.90. The van der Waals surface area contributed by atoms with Crippen LogP contribution in [-0.2, 0) is 0 Å². The van der Waals surface area contributed by atoms with E-state index >= 15 is 0 Å². The lowest BCUT2D eigenvalue weighted by atomic mass is 9.71. The monoisotopic (exact) mass is 262 g/mol. The predicted molar refractivity (Wildman–Crippen MR) is 82.9 cm³/mol. The van der Waals surface area contributed by atoms with E-state index in [1.54, 1.807) is 12.8 Å². The second kappa shape index (κ2) is 4.25. The highest BCUT2D eigenvalue weighted by Crippen LogP contribution is 2.81. The van der Waals surface area contributed by atoms with Crippen molar-refractivity contribution in [1.29, 1.82) is 0 Å². The average Bonchev–Trinajstić information content (AvgIpc) is 3.27. The first kappa shape index (κ1) is 14.0. The topological polar surface area (TPSA) is 0 Å². The molecule has 3 fully saturated rings.